The predicted molar refractivity (Wildman–Crippen MR) is 92.3 cm³/mol. The van der Waals surface area contributed by atoms with E-state index in [1.807, 2.05) is 0 Å². The minimum Gasteiger partial charge on any atom is -0.327 e. The molecule has 2 fully saturated rings. The molecule has 124 valence electrons. The molecule has 0 bridgehead atoms. The van der Waals surface area contributed by atoms with Crippen LogP contribution in [0.1, 0.15) is 79.1 Å². The fourth-order valence-electron chi connectivity index (χ4n) is 4.67. The van der Waals surface area contributed by atoms with Crippen molar-refractivity contribution in [3.63, 3.8) is 0 Å². The van der Waals surface area contributed by atoms with Gasteiger partial charge in [0.05, 0.1) is 0 Å². The summed E-state index contributed by atoms with van der Waals surface area (Å²) in [4.78, 5) is 0. The van der Waals surface area contributed by atoms with Crippen molar-refractivity contribution in [2.24, 2.45) is 29.4 Å². The summed E-state index contributed by atoms with van der Waals surface area (Å²) in [5.74, 6) is 3.52. The van der Waals surface area contributed by atoms with Gasteiger partial charge in [-0.05, 0) is 82.0 Å². The monoisotopic (exact) mass is 294 g/mol. The first kappa shape index (κ1) is 17.3. The number of hydrogen-bond donors (Lipinski definition) is 2. The van der Waals surface area contributed by atoms with Crippen LogP contribution in [0.25, 0.3) is 0 Å². The Morgan fingerprint density at radius 2 is 1.62 bits per heavy atom. The van der Waals surface area contributed by atoms with Crippen LogP contribution in [0.15, 0.2) is 0 Å². The van der Waals surface area contributed by atoms with Crippen LogP contribution in [-0.4, -0.2) is 18.1 Å². The van der Waals surface area contributed by atoms with Crippen LogP contribution in [0.5, 0.6) is 0 Å². The zero-order chi connectivity index (χ0) is 15.4. The van der Waals surface area contributed by atoms with Crippen molar-refractivity contribution < 1.29 is 0 Å². The van der Waals surface area contributed by atoms with Crippen LogP contribution in [0.4, 0.5) is 0 Å². The molecule has 0 aliphatic heterocycles. The van der Waals surface area contributed by atoms with E-state index >= 15 is 0 Å². The van der Waals surface area contributed by atoms with Gasteiger partial charge in [0.25, 0.3) is 0 Å². The molecule has 0 aromatic heterocycles. The molecule has 21 heavy (non-hydrogen) atoms. The van der Waals surface area contributed by atoms with Crippen LogP contribution in [0.2, 0.25) is 0 Å². The molecule has 0 aromatic carbocycles. The summed E-state index contributed by atoms with van der Waals surface area (Å²) in [6, 6.07) is 1.90. The van der Waals surface area contributed by atoms with Crippen molar-refractivity contribution in [2.75, 3.05) is 0 Å². The zero-order valence-corrected chi connectivity index (χ0v) is 14.8. The fourth-order valence-corrected chi connectivity index (χ4v) is 4.67. The minimum absolute atomic E-state index is 0.468. The third-order valence-electron chi connectivity index (χ3n) is 6.40. The van der Waals surface area contributed by atoms with Crippen molar-refractivity contribution in [1.29, 1.82) is 0 Å². The van der Waals surface area contributed by atoms with Crippen molar-refractivity contribution in [3.05, 3.63) is 0 Å². The van der Waals surface area contributed by atoms with Crippen LogP contribution in [0, 0.1) is 23.7 Å². The van der Waals surface area contributed by atoms with Gasteiger partial charge in [0.1, 0.15) is 0 Å². The van der Waals surface area contributed by atoms with E-state index in [9.17, 15) is 0 Å². The van der Waals surface area contributed by atoms with Crippen LogP contribution in [0.3, 0.4) is 0 Å². The van der Waals surface area contributed by atoms with Crippen molar-refractivity contribution in [3.8, 4) is 0 Å². The Morgan fingerprint density at radius 1 is 1.00 bits per heavy atom. The highest BCUT2D eigenvalue weighted by atomic mass is 14.9. The number of nitrogens with two attached hydrogens (primary N) is 1. The average molecular weight is 295 g/mol. The lowest BCUT2D eigenvalue weighted by Crippen LogP contribution is -2.44. The Kier molecular flexibility index (Phi) is 6.55. The van der Waals surface area contributed by atoms with Crippen molar-refractivity contribution in [2.45, 2.75) is 97.2 Å². The molecule has 2 nitrogen and oxygen atoms in total. The molecule has 2 aliphatic carbocycles. The summed E-state index contributed by atoms with van der Waals surface area (Å²) in [5, 5.41) is 3.84. The van der Waals surface area contributed by atoms with Gasteiger partial charge in [-0.3, -0.25) is 0 Å². The Balaban J connectivity index is 1.75. The third kappa shape index (κ3) is 4.96. The highest BCUT2D eigenvalue weighted by Gasteiger charge is 2.31. The van der Waals surface area contributed by atoms with Crippen LogP contribution >= 0.6 is 0 Å². The summed E-state index contributed by atoms with van der Waals surface area (Å²) in [6.07, 6.45) is 11.0. The number of hydrogen-bond acceptors (Lipinski definition) is 2. The normalized spacial score (nSPS) is 42.7. The lowest BCUT2D eigenvalue weighted by molar-refractivity contribution is 0.153. The second-order valence-corrected chi connectivity index (χ2v) is 8.29. The number of nitrogens with one attached hydrogen (secondary N) is 1. The first-order chi connectivity index (χ1) is 9.99. The largest absolute Gasteiger partial charge is 0.327 e. The Hall–Kier alpha value is -0.0800. The summed E-state index contributed by atoms with van der Waals surface area (Å²) in [7, 11) is 0. The average Bonchev–Trinajstić information content (AvgIpc) is 2.45. The van der Waals surface area contributed by atoms with Crippen molar-refractivity contribution >= 4 is 0 Å². The summed E-state index contributed by atoms with van der Waals surface area (Å²) >= 11 is 0. The first-order valence-corrected chi connectivity index (χ1v) is 9.51. The summed E-state index contributed by atoms with van der Waals surface area (Å²) < 4.78 is 0. The molecular weight excluding hydrogens is 256 g/mol. The van der Waals surface area contributed by atoms with E-state index in [-0.39, 0.29) is 0 Å². The molecule has 0 saturated heterocycles. The molecule has 0 amide bonds. The lowest BCUT2D eigenvalue weighted by atomic mass is 9.70. The SMILES string of the molecule is CCC(C)NC1CCC(CC2CCC(N)C(C)C2)CC1C. The summed E-state index contributed by atoms with van der Waals surface area (Å²) in [6.45, 7) is 9.42. The Morgan fingerprint density at radius 3 is 2.19 bits per heavy atom. The smallest absolute Gasteiger partial charge is 0.00953 e. The molecule has 2 aliphatic rings. The molecule has 7 unspecified atom stereocenters. The van der Waals surface area contributed by atoms with Gasteiger partial charge in [-0.2, -0.15) is 0 Å². The van der Waals surface area contributed by atoms with Gasteiger partial charge in [0, 0.05) is 18.1 Å². The first-order valence-electron chi connectivity index (χ1n) is 9.51. The molecule has 2 heteroatoms. The maximum atomic E-state index is 6.17. The minimum atomic E-state index is 0.468. The highest BCUT2D eigenvalue weighted by Crippen LogP contribution is 2.38. The maximum Gasteiger partial charge on any atom is 0.00953 e. The van der Waals surface area contributed by atoms with Gasteiger partial charge in [-0.15, -0.1) is 0 Å². The van der Waals surface area contributed by atoms with Crippen molar-refractivity contribution in [1.82, 2.24) is 5.32 Å². The van der Waals surface area contributed by atoms with E-state index < -0.39 is 0 Å². The van der Waals surface area contributed by atoms with E-state index in [1.54, 1.807) is 0 Å². The molecule has 2 saturated carbocycles. The van der Waals surface area contributed by atoms with Gasteiger partial charge in [-0.1, -0.05) is 20.8 Å². The van der Waals surface area contributed by atoms with Gasteiger partial charge < -0.3 is 11.1 Å². The topological polar surface area (TPSA) is 38.0 Å². The predicted octanol–water partition coefficient (Wildman–Crippen LogP) is 4.33. The Labute approximate surface area is 132 Å². The fraction of sp³-hybridized carbons (Fsp3) is 1.00. The van der Waals surface area contributed by atoms with Crippen LogP contribution in [-0.2, 0) is 0 Å². The lowest BCUT2D eigenvalue weighted by Gasteiger charge is -2.39. The van der Waals surface area contributed by atoms with E-state index in [4.69, 9.17) is 5.73 Å². The molecule has 3 N–H and O–H groups in total. The standard InChI is InChI=1S/C19H38N2/c1-5-15(4)21-19-9-7-17(11-14(19)3)12-16-6-8-18(20)13(2)10-16/h13-19,21H,5-12,20H2,1-4H3. The van der Waals surface area contributed by atoms with Crippen LogP contribution < -0.4 is 11.1 Å². The molecule has 0 radical (unpaired) electrons. The molecular formula is C19H38N2. The third-order valence-corrected chi connectivity index (χ3v) is 6.40. The van der Waals surface area contributed by atoms with E-state index in [0.29, 0.717) is 12.1 Å². The maximum absolute atomic E-state index is 6.17. The summed E-state index contributed by atoms with van der Waals surface area (Å²) in [5.41, 5.74) is 6.17. The van der Waals surface area contributed by atoms with Gasteiger partial charge in [-0.25, -0.2) is 0 Å². The van der Waals surface area contributed by atoms with Gasteiger partial charge in [0.2, 0.25) is 0 Å². The molecule has 7 atom stereocenters. The second kappa shape index (κ2) is 7.97. The number of rotatable bonds is 5. The molecule has 2 rings (SSSR count). The van der Waals surface area contributed by atoms with Gasteiger partial charge in [0.15, 0.2) is 0 Å². The van der Waals surface area contributed by atoms with E-state index in [0.717, 1.165) is 29.7 Å². The highest BCUT2D eigenvalue weighted by molar-refractivity contribution is 4.87. The molecule has 0 aromatic rings. The Bertz CT molecular complexity index is 304. The quantitative estimate of drug-likeness (QED) is 0.792. The molecule has 0 heterocycles. The second-order valence-electron chi connectivity index (χ2n) is 8.29. The zero-order valence-electron chi connectivity index (χ0n) is 14.8. The van der Waals surface area contributed by atoms with Gasteiger partial charge >= 0.3 is 0 Å². The molecule has 0 spiro atoms. The van der Waals surface area contributed by atoms with E-state index in [2.05, 4.69) is 33.0 Å². The van der Waals surface area contributed by atoms with E-state index in [1.165, 1.54) is 51.4 Å².